The molecule has 0 radical (unpaired) electrons. The normalized spacial score (nSPS) is 11.3. The lowest BCUT2D eigenvalue weighted by molar-refractivity contribution is -0.116. The quantitative estimate of drug-likeness (QED) is 0.228. The SMILES string of the molecule is COc1ccc(S(=O)(=O)N(CCc2ccccc2)CC(=O)Nc2ccccc2Sc2ccccc2)cc1Cl. The van der Waals surface area contributed by atoms with Crippen molar-refractivity contribution in [3.05, 3.63) is 114 Å². The Hall–Kier alpha value is -3.30. The number of anilines is 1. The van der Waals surface area contributed by atoms with Gasteiger partial charge in [-0.15, -0.1) is 0 Å². The van der Waals surface area contributed by atoms with Gasteiger partial charge in [0, 0.05) is 16.3 Å². The number of halogens is 1. The fraction of sp³-hybridized carbons (Fsp3) is 0.138. The first-order valence-electron chi connectivity index (χ1n) is 11.9. The molecule has 0 fully saturated rings. The molecule has 0 aliphatic carbocycles. The standard InChI is InChI=1S/C29H27ClN2O4S2/c1-36-27-17-16-24(20-25(27)30)38(34,35)32(19-18-22-10-4-2-5-11-22)21-29(33)31-26-14-8-9-15-28(26)37-23-12-6-3-7-13-23/h2-17,20H,18-19,21H2,1H3,(H,31,33). The van der Waals surface area contributed by atoms with Gasteiger partial charge in [-0.3, -0.25) is 4.79 Å². The second-order valence-corrected chi connectivity index (χ2v) is 11.8. The summed E-state index contributed by atoms with van der Waals surface area (Å²) in [6.45, 7) is -0.243. The first-order chi connectivity index (χ1) is 18.4. The van der Waals surface area contributed by atoms with Gasteiger partial charge < -0.3 is 10.1 Å². The highest BCUT2D eigenvalue weighted by molar-refractivity contribution is 7.99. The average molecular weight is 567 g/mol. The molecular weight excluding hydrogens is 540 g/mol. The van der Waals surface area contributed by atoms with Crippen LogP contribution in [-0.2, 0) is 21.2 Å². The number of rotatable bonds is 11. The van der Waals surface area contributed by atoms with E-state index in [0.717, 1.165) is 15.4 Å². The van der Waals surface area contributed by atoms with Crippen molar-refractivity contribution in [2.75, 3.05) is 25.5 Å². The van der Waals surface area contributed by atoms with Crippen molar-refractivity contribution in [3.8, 4) is 5.75 Å². The summed E-state index contributed by atoms with van der Waals surface area (Å²) in [5, 5.41) is 3.07. The molecule has 9 heteroatoms. The van der Waals surface area contributed by atoms with E-state index in [2.05, 4.69) is 5.32 Å². The Morgan fingerprint density at radius 3 is 2.26 bits per heavy atom. The highest BCUT2D eigenvalue weighted by atomic mass is 35.5. The molecule has 0 aliphatic rings. The second kappa shape index (κ2) is 13.0. The molecule has 0 aromatic heterocycles. The molecule has 0 aliphatic heterocycles. The van der Waals surface area contributed by atoms with Gasteiger partial charge in [0.05, 0.1) is 29.3 Å². The maximum Gasteiger partial charge on any atom is 0.243 e. The van der Waals surface area contributed by atoms with Gasteiger partial charge in [0.25, 0.3) is 0 Å². The van der Waals surface area contributed by atoms with Crippen LogP contribution in [0.1, 0.15) is 5.56 Å². The fourth-order valence-corrected chi connectivity index (χ4v) is 6.43. The summed E-state index contributed by atoms with van der Waals surface area (Å²) in [5.74, 6) is -0.0749. The first kappa shape index (κ1) is 27.7. The number of ether oxygens (including phenoxy) is 1. The summed E-state index contributed by atoms with van der Waals surface area (Å²) >= 11 is 7.74. The van der Waals surface area contributed by atoms with Crippen molar-refractivity contribution < 1.29 is 17.9 Å². The van der Waals surface area contributed by atoms with Crippen LogP contribution in [0.3, 0.4) is 0 Å². The summed E-state index contributed by atoms with van der Waals surface area (Å²) in [7, 11) is -2.58. The van der Waals surface area contributed by atoms with Crippen LogP contribution in [0.4, 0.5) is 5.69 Å². The van der Waals surface area contributed by atoms with Crippen LogP contribution < -0.4 is 10.1 Å². The van der Waals surface area contributed by atoms with Gasteiger partial charge in [0.1, 0.15) is 5.75 Å². The molecule has 0 spiro atoms. The molecule has 4 aromatic rings. The van der Waals surface area contributed by atoms with Crippen LogP contribution in [0.2, 0.25) is 5.02 Å². The van der Waals surface area contributed by atoms with Crippen molar-refractivity contribution in [1.82, 2.24) is 4.31 Å². The second-order valence-electron chi connectivity index (χ2n) is 8.33. The van der Waals surface area contributed by atoms with E-state index < -0.39 is 15.9 Å². The number of benzene rings is 4. The molecule has 6 nitrogen and oxygen atoms in total. The third-order valence-corrected chi connectivity index (χ3v) is 8.93. The number of nitrogens with zero attached hydrogens (tertiary/aromatic N) is 1. The van der Waals surface area contributed by atoms with Crippen LogP contribution in [0.25, 0.3) is 0 Å². The zero-order valence-corrected chi connectivity index (χ0v) is 23.1. The molecule has 4 aromatic carbocycles. The minimum atomic E-state index is -4.04. The van der Waals surface area contributed by atoms with E-state index in [1.54, 1.807) is 6.07 Å². The zero-order valence-electron chi connectivity index (χ0n) is 20.7. The molecular formula is C29H27ClN2O4S2. The molecule has 1 N–H and O–H groups in total. The molecule has 38 heavy (non-hydrogen) atoms. The minimum Gasteiger partial charge on any atom is -0.495 e. The number of para-hydroxylation sites is 1. The molecule has 196 valence electrons. The Labute approximate surface area is 232 Å². The van der Waals surface area contributed by atoms with Crippen LogP contribution >= 0.6 is 23.4 Å². The van der Waals surface area contributed by atoms with Gasteiger partial charge in [0.15, 0.2) is 0 Å². The Balaban J connectivity index is 1.56. The van der Waals surface area contributed by atoms with Gasteiger partial charge in [-0.2, -0.15) is 4.31 Å². The molecule has 0 saturated heterocycles. The summed E-state index contributed by atoms with van der Waals surface area (Å²) in [6.07, 6.45) is 0.442. The Bertz CT molecular complexity index is 1480. The number of hydrogen-bond acceptors (Lipinski definition) is 5. The van der Waals surface area contributed by atoms with Gasteiger partial charge in [-0.1, -0.05) is 84.0 Å². The number of methoxy groups -OCH3 is 1. The largest absolute Gasteiger partial charge is 0.495 e. The molecule has 1 amide bonds. The van der Waals surface area contributed by atoms with E-state index in [1.807, 2.05) is 78.9 Å². The lowest BCUT2D eigenvalue weighted by Gasteiger charge is -2.22. The van der Waals surface area contributed by atoms with E-state index in [4.69, 9.17) is 16.3 Å². The number of carbonyl (C=O) groups is 1. The molecule has 0 saturated carbocycles. The predicted octanol–water partition coefficient (Wildman–Crippen LogP) is 6.37. The van der Waals surface area contributed by atoms with Crippen LogP contribution in [0.15, 0.2) is 118 Å². The Morgan fingerprint density at radius 2 is 1.58 bits per heavy atom. The lowest BCUT2D eigenvalue weighted by Crippen LogP contribution is -2.39. The third-order valence-electron chi connectivity index (χ3n) is 5.71. The summed E-state index contributed by atoms with van der Waals surface area (Å²) in [6, 6.07) is 31.1. The first-order valence-corrected chi connectivity index (χ1v) is 14.5. The lowest BCUT2D eigenvalue weighted by atomic mass is 10.1. The van der Waals surface area contributed by atoms with Gasteiger partial charge >= 0.3 is 0 Å². The van der Waals surface area contributed by atoms with Crippen molar-refractivity contribution in [2.24, 2.45) is 0 Å². The van der Waals surface area contributed by atoms with E-state index in [9.17, 15) is 13.2 Å². The summed E-state index contributed by atoms with van der Waals surface area (Å²) in [4.78, 5) is 15.1. The monoisotopic (exact) mass is 566 g/mol. The predicted molar refractivity (Wildman–Crippen MR) is 153 cm³/mol. The topological polar surface area (TPSA) is 75.7 Å². The zero-order chi connectivity index (χ0) is 27.0. The maximum absolute atomic E-state index is 13.6. The summed E-state index contributed by atoms with van der Waals surface area (Å²) < 4.78 is 33.6. The number of nitrogens with one attached hydrogen (secondary N) is 1. The smallest absolute Gasteiger partial charge is 0.243 e. The van der Waals surface area contributed by atoms with Crippen molar-refractivity contribution in [1.29, 1.82) is 0 Å². The number of amides is 1. The van der Waals surface area contributed by atoms with E-state index in [-0.39, 0.29) is 23.0 Å². The van der Waals surface area contributed by atoms with Gasteiger partial charge in [-0.25, -0.2) is 8.42 Å². The number of sulfonamides is 1. The molecule has 0 bridgehead atoms. The van der Waals surface area contributed by atoms with Crippen molar-refractivity contribution >= 4 is 45.0 Å². The third kappa shape index (κ3) is 7.17. The summed E-state index contributed by atoms with van der Waals surface area (Å²) in [5.41, 5.74) is 1.57. The minimum absolute atomic E-state index is 0.0100. The van der Waals surface area contributed by atoms with Crippen LogP contribution in [0, 0.1) is 0 Å². The molecule has 0 atom stereocenters. The van der Waals surface area contributed by atoms with Gasteiger partial charge in [-0.05, 0) is 54.4 Å². The highest BCUT2D eigenvalue weighted by Crippen LogP contribution is 2.33. The molecule has 0 heterocycles. The van der Waals surface area contributed by atoms with Crippen molar-refractivity contribution in [3.63, 3.8) is 0 Å². The fourth-order valence-electron chi connectivity index (χ4n) is 3.76. The highest BCUT2D eigenvalue weighted by Gasteiger charge is 2.27. The molecule has 0 unspecified atom stereocenters. The average Bonchev–Trinajstić information content (AvgIpc) is 2.93. The Kier molecular flexibility index (Phi) is 9.47. The molecule has 4 rings (SSSR count). The van der Waals surface area contributed by atoms with Crippen molar-refractivity contribution in [2.45, 2.75) is 21.1 Å². The van der Waals surface area contributed by atoms with E-state index >= 15 is 0 Å². The van der Waals surface area contributed by atoms with E-state index in [1.165, 1.54) is 41.4 Å². The Morgan fingerprint density at radius 1 is 0.921 bits per heavy atom. The van der Waals surface area contributed by atoms with E-state index in [0.29, 0.717) is 17.9 Å². The number of carbonyl (C=O) groups excluding carboxylic acids is 1. The van der Waals surface area contributed by atoms with Crippen LogP contribution in [0.5, 0.6) is 5.75 Å². The van der Waals surface area contributed by atoms with Crippen LogP contribution in [-0.4, -0.2) is 38.8 Å². The maximum atomic E-state index is 13.6. The van der Waals surface area contributed by atoms with Gasteiger partial charge in [0.2, 0.25) is 15.9 Å². The number of hydrogen-bond donors (Lipinski definition) is 1.